The minimum atomic E-state index is -1.04. The number of halogens is 1. The first-order chi connectivity index (χ1) is 18.3. The average Bonchev–Trinajstić information content (AvgIpc) is 3.37. The molecule has 1 fully saturated rings. The molecule has 204 valence electrons. The Morgan fingerprint density at radius 1 is 1.08 bits per heavy atom. The molecule has 0 N–H and O–H groups in total. The fraction of sp³-hybridized carbons (Fsp3) is 0.435. The average molecular weight is 554 g/mol. The Balaban J connectivity index is 1.44. The second-order valence-corrected chi connectivity index (χ2v) is 9.78. The number of piperidine rings is 1. The summed E-state index contributed by atoms with van der Waals surface area (Å²) in [6.07, 6.45) is 0.550. The number of likely N-dealkylation sites (tertiary alicyclic amines) is 1. The van der Waals surface area contributed by atoms with Gasteiger partial charge in [0.15, 0.2) is 11.5 Å². The molecular formula is C23H24FN3O10S. The molecule has 2 aromatic rings. The van der Waals surface area contributed by atoms with Gasteiger partial charge in [0.25, 0.3) is 15.4 Å². The van der Waals surface area contributed by atoms with Crippen LogP contribution in [0, 0.1) is 32.0 Å². The van der Waals surface area contributed by atoms with Crippen molar-refractivity contribution in [3.8, 4) is 17.2 Å². The highest BCUT2D eigenvalue weighted by molar-refractivity contribution is 8.14. The van der Waals surface area contributed by atoms with E-state index in [9.17, 15) is 29.4 Å². The number of carbonyl (C=O) groups is 1. The SMILES string of the molecule is O=C(SC(CO[N+](=O)[O-])CO[N+](=O)[O-])N1CC[C@@H](c2ccc(F)cc2)[C@H](COc2ccc3c(c2)OCO3)C1. The second-order valence-electron chi connectivity index (χ2n) is 8.52. The van der Waals surface area contributed by atoms with E-state index in [1.54, 1.807) is 35.2 Å². The molecule has 0 unspecified atom stereocenters. The summed E-state index contributed by atoms with van der Waals surface area (Å²) in [5, 5.41) is 17.6. The first-order valence-corrected chi connectivity index (χ1v) is 12.4. The minimum Gasteiger partial charge on any atom is -0.493 e. The summed E-state index contributed by atoms with van der Waals surface area (Å²) < 4.78 is 30.3. The van der Waals surface area contributed by atoms with E-state index in [0.717, 1.165) is 5.56 Å². The molecule has 0 bridgehead atoms. The smallest absolute Gasteiger partial charge is 0.294 e. The molecule has 0 spiro atoms. The Morgan fingerprint density at radius 2 is 1.76 bits per heavy atom. The predicted octanol–water partition coefficient (Wildman–Crippen LogP) is 3.68. The second kappa shape index (κ2) is 12.5. The highest BCUT2D eigenvalue weighted by Gasteiger charge is 2.34. The fourth-order valence-electron chi connectivity index (χ4n) is 4.31. The van der Waals surface area contributed by atoms with Gasteiger partial charge in [0.2, 0.25) is 6.79 Å². The molecule has 4 rings (SSSR count). The lowest BCUT2D eigenvalue weighted by atomic mass is 9.81. The molecule has 15 heteroatoms. The first kappa shape index (κ1) is 27.0. The van der Waals surface area contributed by atoms with Crippen LogP contribution in [0.1, 0.15) is 17.9 Å². The van der Waals surface area contributed by atoms with Crippen LogP contribution in [0.2, 0.25) is 0 Å². The van der Waals surface area contributed by atoms with Crippen LogP contribution >= 0.6 is 11.8 Å². The molecule has 0 aliphatic carbocycles. The maximum Gasteiger partial charge on any atom is 0.294 e. The number of rotatable bonds is 11. The molecule has 2 aliphatic heterocycles. The largest absolute Gasteiger partial charge is 0.493 e. The summed E-state index contributed by atoms with van der Waals surface area (Å²) in [5.41, 5.74) is 0.905. The monoisotopic (exact) mass is 553 g/mol. The zero-order valence-electron chi connectivity index (χ0n) is 19.9. The zero-order valence-corrected chi connectivity index (χ0v) is 20.8. The van der Waals surface area contributed by atoms with Crippen molar-refractivity contribution in [2.24, 2.45) is 5.92 Å². The van der Waals surface area contributed by atoms with Crippen molar-refractivity contribution < 1.29 is 43.2 Å². The number of amides is 1. The van der Waals surface area contributed by atoms with E-state index < -0.39 is 33.9 Å². The van der Waals surface area contributed by atoms with Gasteiger partial charge in [-0.2, -0.15) is 0 Å². The highest BCUT2D eigenvalue weighted by Crippen LogP contribution is 2.38. The van der Waals surface area contributed by atoms with E-state index in [1.807, 2.05) is 0 Å². The number of fused-ring (bicyclic) bond motifs is 1. The number of carbonyl (C=O) groups excluding carboxylic acids is 1. The Morgan fingerprint density at radius 3 is 2.45 bits per heavy atom. The maximum atomic E-state index is 13.5. The number of benzene rings is 2. The van der Waals surface area contributed by atoms with Crippen molar-refractivity contribution in [1.82, 2.24) is 4.90 Å². The molecule has 2 aliphatic rings. The summed E-state index contributed by atoms with van der Waals surface area (Å²) in [4.78, 5) is 44.4. The van der Waals surface area contributed by atoms with E-state index in [-0.39, 0.29) is 37.6 Å². The predicted molar refractivity (Wildman–Crippen MR) is 130 cm³/mol. The zero-order chi connectivity index (χ0) is 27.1. The van der Waals surface area contributed by atoms with Gasteiger partial charge in [0, 0.05) is 25.1 Å². The molecule has 0 aromatic heterocycles. The van der Waals surface area contributed by atoms with E-state index in [4.69, 9.17) is 14.2 Å². The van der Waals surface area contributed by atoms with Gasteiger partial charge in [0.1, 0.15) is 24.8 Å². The molecule has 0 saturated carbocycles. The lowest BCUT2D eigenvalue weighted by molar-refractivity contribution is -0.765. The summed E-state index contributed by atoms with van der Waals surface area (Å²) >= 11 is 0.671. The van der Waals surface area contributed by atoms with Gasteiger partial charge in [0.05, 0.1) is 11.9 Å². The lowest BCUT2D eigenvalue weighted by Crippen LogP contribution is -2.44. The summed E-state index contributed by atoms with van der Waals surface area (Å²) in [6, 6.07) is 11.4. The first-order valence-electron chi connectivity index (χ1n) is 11.6. The van der Waals surface area contributed by atoms with Crippen molar-refractivity contribution in [2.45, 2.75) is 17.6 Å². The maximum absolute atomic E-state index is 13.5. The van der Waals surface area contributed by atoms with E-state index >= 15 is 0 Å². The molecular weight excluding hydrogens is 529 g/mol. The van der Waals surface area contributed by atoms with Gasteiger partial charge in [-0.3, -0.25) is 4.79 Å². The highest BCUT2D eigenvalue weighted by atomic mass is 32.2. The van der Waals surface area contributed by atoms with Crippen LogP contribution in [0.25, 0.3) is 0 Å². The number of hydrogen-bond acceptors (Lipinski definition) is 11. The van der Waals surface area contributed by atoms with Crippen LogP contribution in [0.4, 0.5) is 9.18 Å². The number of thioether (sulfide) groups is 1. The quantitative estimate of drug-likeness (QED) is 0.296. The standard InChI is InChI=1S/C23H24FN3O10S/c24-17-3-1-15(2-4-17)20-7-8-25(23(28)38-19(12-36-26(29)30)13-37-27(31)32)10-16(20)11-33-18-5-6-21-22(9-18)35-14-34-21/h1-6,9,16,19-20H,7-8,10-14H2/t16-,20-/m0/s1. The van der Waals surface area contributed by atoms with Crippen molar-refractivity contribution in [2.75, 3.05) is 39.7 Å². The molecule has 13 nitrogen and oxygen atoms in total. The minimum absolute atomic E-state index is 0.0370. The van der Waals surface area contributed by atoms with Crippen molar-refractivity contribution >= 4 is 17.0 Å². The van der Waals surface area contributed by atoms with Gasteiger partial charge in [-0.1, -0.05) is 23.9 Å². The van der Waals surface area contributed by atoms with E-state index in [2.05, 4.69) is 9.68 Å². The molecule has 38 heavy (non-hydrogen) atoms. The van der Waals surface area contributed by atoms with Gasteiger partial charge >= 0.3 is 0 Å². The Kier molecular flexibility index (Phi) is 8.89. The van der Waals surface area contributed by atoms with Crippen LogP contribution in [0.3, 0.4) is 0 Å². The van der Waals surface area contributed by atoms with Gasteiger partial charge in [-0.05, 0) is 42.2 Å². The molecule has 0 radical (unpaired) electrons. The molecule has 1 saturated heterocycles. The third-order valence-electron chi connectivity index (χ3n) is 6.10. The lowest BCUT2D eigenvalue weighted by Gasteiger charge is -2.39. The number of nitrogens with zero attached hydrogens (tertiary/aromatic N) is 3. The van der Waals surface area contributed by atoms with Crippen LogP contribution in [0.5, 0.6) is 17.2 Å². The Hall–Kier alpha value is -4.01. The van der Waals surface area contributed by atoms with Gasteiger partial charge in [-0.25, -0.2) is 4.39 Å². The van der Waals surface area contributed by atoms with Crippen LogP contribution in [-0.2, 0) is 9.68 Å². The van der Waals surface area contributed by atoms with Gasteiger partial charge in [-0.15, -0.1) is 20.2 Å². The fourth-order valence-corrected chi connectivity index (χ4v) is 5.16. The molecule has 2 heterocycles. The topological polar surface area (TPSA) is 153 Å². The molecule has 2 aromatic carbocycles. The van der Waals surface area contributed by atoms with Crippen molar-refractivity contribution in [3.05, 3.63) is 74.1 Å². The van der Waals surface area contributed by atoms with Crippen molar-refractivity contribution in [1.29, 1.82) is 0 Å². The van der Waals surface area contributed by atoms with E-state index in [0.29, 0.717) is 42.0 Å². The summed E-state index contributed by atoms with van der Waals surface area (Å²) in [7, 11) is 0. The summed E-state index contributed by atoms with van der Waals surface area (Å²) in [6.45, 7) is -0.123. The normalized spacial score (nSPS) is 18.2. The van der Waals surface area contributed by atoms with Crippen LogP contribution in [0.15, 0.2) is 42.5 Å². The number of ether oxygens (including phenoxy) is 3. The Bertz CT molecular complexity index is 1140. The van der Waals surface area contributed by atoms with Crippen molar-refractivity contribution in [3.63, 3.8) is 0 Å². The Labute approximate surface area is 219 Å². The summed E-state index contributed by atoms with van der Waals surface area (Å²) in [5.74, 6) is 1.15. The molecule has 1 amide bonds. The van der Waals surface area contributed by atoms with E-state index in [1.165, 1.54) is 12.1 Å². The number of hydrogen-bond donors (Lipinski definition) is 0. The van der Waals surface area contributed by atoms with Gasteiger partial charge < -0.3 is 28.8 Å². The third kappa shape index (κ3) is 7.27. The van der Waals surface area contributed by atoms with Crippen LogP contribution < -0.4 is 14.2 Å². The molecule has 2 atom stereocenters. The third-order valence-corrected chi connectivity index (χ3v) is 7.16. The van der Waals surface area contributed by atoms with Crippen LogP contribution in [-0.4, -0.2) is 65.3 Å².